The first kappa shape index (κ1) is 50.9. The van der Waals surface area contributed by atoms with Crippen molar-refractivity contribution in [2.45, 2.75) is 85.5 Å². The van der Waals surface area contributed by atoms with Crippen molar-refractivity contribution in [3.05, 3.63) is 222 Å². The number of rotatable bonds is 6. The SMILES string of the molecule is Cc1cc2c3c(c1)N(c1cc4c(cc1-c1ccccc1)OCCO4)c1ccc(C(C)(C)C)cc1B3c1cc(-c3ccc4c(c3)sc3ccccc34)ccc1N2c1cc(-c2ccc(C(C)(C)C)cc2)cc(-c2ccc(C(C)(C)C)cc2)c1. The molecular weight excluding hydrogens is 1000 g/mol. The number of hydrogen-bond donors (Lipinski definition) is 0. The molecule has 398 valence electrons. The van der Waals surface area contributed by atoms with E-state index in [1.807, 2.05) is 11.3 Å². The van der Waals surface area contributed by atoms with Crippen LogP contribution >= 0.6 is 11.3 Å². The van der Waals surface area contributed by atoms with Gasteiger partial charge in [-0.25, -0.2) is 0 Å². The molecule has 0 aliphatic carbocycles. The van der Waals surface area contributed by atoms with E-state index in [4.69, 9.17) is 9.47 Å². The molecule has 0 N–H and O–H groups in total. The van der Waals surface area contributed by atoms with E-state index in [0.717, 1.165) is 45.4 Å². The zero-order valence-electron chi connectivity index (χ0n) is 48.2. The van der Waals surface area contributed by atoms with Gasteiger partial charge in [-0.1, -0.05) is 196 Å². The Labute approximate surface area is 482 Å². The van der Waals surface area contributed by atoms with Gasteiger partial charge in [-0.3, -0.25) is 0 Å². The zero-order valence-corrected chi connectivity index (χ0v) is 49.0. The summed E-state index contributed by atoms with van der Waals surface area (Å²) in [6.45, 7) is 23.9. The van der Waals surface area contributed by atoms with Crippen LogP contribution in [0.25, 0.3) is 64.7 Å². The highest BCUT2D eigenvalue weighted by molar-refractivity contribution is 7.25. The lowest BCUT2D eigenvalue weighted by Crippen LogP contribution is -2.61. The number of benzene rings is 10. The smallest absolute Gasteiger partial charge is 0.252 e. The van der Waals surface area contributed by atoms with Crippen LogP contribution in [0.5, 0.6) is 11.5 Å². The molecule has 4 heterocycles. The van der Waals surface area contributed by atoms with E-state index in [2.05, 4.69) is 279 Å². The summed E-state index contributed by atoms with van der Waals surface area (Å²) in [6, 6.07) is 76.3. The molecule has 81 heavy (non-hydrogen) atoms. The van der Waals surface area contributed by atoms with Crippen molar-refractivity contribution in [3.63, 3.8) is 0 Å². The molecule has 0 bridgehead atoms. The van der Waals surface area contributed by atoms with E-state index in [-0.39, 0.29) is 23.0 Å². The Hall–Kier alpha value is -8.32. The number of ether oxygens (including phenoxy) is 2. The summed E-state index contributed by atoms with van der Waals surface area (Å²) in [5.41, 5.74) is 25.0. The molecule has 0 unspecified atom stereocenters. The summed E-state index contributed by atoms with van der Waals surface area (Å²) in [7, 11) is 0. The molecule has 0 fully saturated rings. The Bertz CT molecular complexity index is 4230. The minimum atomic E-state index is -0.113. The molecule has 3 aliphatic heterocycles. The average Bonchev–Trinajstić information content (AvgIpc) is 2.88. The normalized spacial score (nSPS) is 13.8. The van der Waals surface area contributed by atoms with Crippen LogP contribution in [0.3, 0.4) is 0 Å². The van der Waals surface area contributed by atoms with Crippen LogP contribution in [0.2, 0.25) is 0 Å². The highest BCUT2D eigenvalue weighted by atomic mass is 32.1. The summed E-state index contributed by atoms with van der Waals surface area (Å²) >= 11 is 1.88. The fourth-order valence-corrected chi connectivity index (χ4v) is 13.9. The van der Waals surface area contributed by atoms with Gasteiger partial charge in [0.15, 0.2) is 11.5 Å². The molecule has 6 heteroatoms. The third-order valence-electron chi connectivity index (χ3n) is 17.1. The van der Waals surface area contributed by atoms with E-state index in [9.17, 15) is 0 Å². The van der Waals surface area contributed by atoms with E-state index in [0.29, 0.717) is 13.2 Å². The van der Waals surface area contributed by atoms with Crippen LogP contribution < -0.4 is 35.7 Å². The Morgan fingerprint density at radius 2 is 0.901 bits per heavy atom. The number of nitrogens with zero attached hydrogens (tertiary/aromatic N) is 2. The Morgan fingerprint density at radius 3 is 1.56 bits per heavy atom. The standard InChI is InChI=1S/C75H67BN2O2S/c1-46-36-66-72-67(37-46)78(65-45-69-68(79-34-35-80-69)44-60(65)49-16-12-11-13-17-49)64-33-30-56(75(8,9)10)43-62(64)76(72)61-41-50(51-24-31-59-58-18-14-15-19-70(58)81-71(59)42-51)25-32-63(61)77(66)57-39-52(47-20-26-54(27-21-47)73(2,3)4)38-53(40-57)48-22-28-55(29-23-48)74(5,6)7/h11-33,36-45H,34-35H2,1-10H3. The lowest BCUT2D eigenvalue weighted by atomic mass is 9.33. The second-order valence-electron chi connectivity index (χ2n) is 25.7. The maximum Gasteiger partial charge on any atom is 0.252 e. The van der Waals surface area contributed by atoms with Gasteiger partial charge >= 0.3 is 0 Å². The van der Waals surface area contributed by atoms with Crippen molar-refractivity contribution in [1.82, 2.24) is 0 Å². The third-order valence-corrected chi connectivity index (χ3v) is 18.3. The molecule has 0 saturated carbocycles. The number of anilines is 6. The zero-order chi connectivity index (χ0) is 55.7. The Balaban J connectivity index is 1.06. The van der Waals surface area contributed by atoms with Gasteiger partial charge in [-0.2, -0.15) is 0 Å². The van der Waals surface area contributed by atoms with E-state index in [1.54, 1.807) is 0 Å². The second kappa shape index (κ2) is 18.9. The Kier molecular flexibility index (Phi) is 11.9. The molecule has 10 aromatic carbocycles. The van der Waals surface area contributed by atoms with Crippen molar-refractivity contribution in [3.8, 4) is 56.0 Å². The predicted octanol–water partition coefficient (Wildman–Crippen LogP) is 18.8. The average molecular weight is 1070 g/mol. The summed E-state index contributed by atoms with van der Waals surface area (Å²) in [6.07, 6.45) is 0. The lowest BCUT2D eigenvalue weighted by molar-refractivity contribution is 0.172. The van der Waals surface area contributed by atoms with Crippen LogP contribution in [0, 0.1) is 6.92 Å². The predicted molar refractivity (Wildman–Crippen MR) is 347 cm³/mol. The van der Waals surface area contributed by atoms with Gasteiger partial charge in [0.05, 0.1) is 5.69 Å². The molecule has 11 aromatic rings. The second-order valence-corrected chi connectivity index (χ2v) is 26.8. The van der Waals surface area contributed by atoms with Crippen molar-refractivity contribution in [1.29, 1.82) is 0 Å². The molecule has 1 aromatic heterocycles. The largest absolute Gasteiger partial charge is 0.486 e. The molecule has 0 saturated heterocycles. The van der Waals surface area contributed by atoms with Gasteiger partial charge < -0.3 is 19.3 Å². The van der Waals surface area contributed by atoms with Crippen LogP contribution in [0.4, 0.5) is 34.1 Å². The van der Waals surface area contributed by atoms with Gasteiger partial charge in [0, 0.05) is 60.2 Å². The summed E-state index contributed by atoms with van der Waals surface area (Å²) < 4.78 is 15.5. The molecule has 0 radical (unpaired) electrons. The van der Waals surface area contributed by atoms with Gasteiger partial charge in [0.25, 0.3) is 6.71 Å². The summed E-state index contributed by atoms with van der Waals surface area (Å²) in [4.78, 5) is 5.14. The third kappa shape index (κ3) is 8.82. The van der Waals surface area contributed by atoms with E-state index >= 15 is 0 Å². The van der Waals surface area contributed by atoms with Crippen molar-refractivity contribution in [2.24, 2.45) is 0 Å². The van der Waals surface area contributed by atoms with E-state index < -0.39 is 0 Å². The van der Waals surface area contributed by atoms with Crippen LogP contribution in [0.15, 0.2) is 200 Å². The lowest BCUT2D eigenvalue weighted by Gasteiger charge is -2.45. The van der Waals surface area contributed by atoms with Crippen molar-refractivity contribution >= 4 is 88.7 Å². The van der Waals surface area contributed by atoms with Gasteiger partial charge in [0.1, 0.15) is 13.2 Å². The van der Waals surface area contributed by atoms with Crippen molar-refractivity contribution < 1.29 is 9.47 Å². The highest BCUT2D eigenvalue weighted by Crippen LogP contribution is 2.51. The number of thiophene rings is 1. The maximum atomic E-state index is 6.49. The van der Waals surface area contributed by atoms with Crippen LogP contribution in [-0.2, 0) is 16.2 Å². The molecule has 14 rings (SSSR count). The van der Waals surface area contributed by atoms with E-state index in [1.165, 1.54) is 104 Å². The minimum Gasteiger partial charge on any atom is -0.486 e. The van der Waals surface area contributed by atoms with Gasteiger partial charge in [0.2, 0.25) is 0 Å². The monoisotopic (exact) mass is 1070 g/mol. The molecule has 0 spiro atoms. The number of fused-ring (bicyclic) bond motifs is 8. The van der Waals surface area contributed by atoms with Gasteiger partial charge in [-0.15, -0.1) is 11.3 Å². The van der Waals surface area contributed by atoms with Crippen LogP contribution in [0.1, 0.15) is 84.6 Å². The van der Waals surface area contributed by atoms with Crippen molar-refractivity contribution in [2.75, 3.05) is 23.0 Å². The number of aryl methyl sites for hydroxylation is 1. The summed E-state index contributed by atoms with van der Waals surface area (Å²) in [5, 5.41) is 2.62. The fourth-order valence-electron chi connectivity index (χ4n) is 12.7. The quantitative estimate of drug-likeness (QED) is 0.155. The molecule has 4 nitrogen and oxygen atoms in total. The topological polar surface area (TPSA) is 24.9 Å². The molecular formula is C75H67BN2O2S. The first-order valence-electron chi connectivity index (χ1n) is 28.7. The summed E-state index contributed by atoms with van der Waals surface area (Å²) in [5.74, 6) is 1.53. The van der Waals surface area contributed by atoms with Crippen LogP contribution in [-0.4, -0.2) is 19.9 Å². The molecule has 0 amide bonds. The fraction of sp³-hybridized carbons (Fsp3) is 0.200. The molecule has 3 aliphatic rings. The minimum absolute atomic E-state index is 0.0308. The maximum absolute atomic E-state index is 6.49. The van der Waals surface area contributed by atoms with Gasteiger partial charge in [-0.05, 0) is 161 Å². The number of hydrogen-bond acceptors (Lipinski definition) is 5. The molecule has 0 atom stereocenters. The Morgan fingerprint density at radius 1 is 0.383 bits per heavy atom. The highest BCUT2D eigenvalue weighted by Gasteiger charge is 2.45. The first-order valence-corrected chi connectivity index (χ1v) is 29.6. The first-order chi connectivity index (χ1) is 38.9.